The van der Waals surface area contributed by atoms with Crippen molar-refractivity contribution in [1.82, 2.24) is 9.80 Å². The minimum Gasteiger partial charge on any atom is -0.303 e. The van der Waals surface area contributed by atoms with Gasteiger partial charge in [0.15, 0.2) is 0 Å². The van der Waals surface area contributed by atoms with E-state index in [-0.39, 0.29) is 0 Å². The van der Waals surface area contributed by atoms with Crippen LogP contribution in [-0.4, -0.2) is 48.6 Å². The summed E-state index contributed by atoms with van der Waals surface area (Å²) in [7, 11) is 0. The molecule has 2 rings (SSSR count). The monoisotopic (exact) mass is 336 g/mol. The van der Waals surface area contributed by atoms with E-state index >= 15 is 0 Å². The molecule has 24 heavy (non-hydrogen) atoms. The highest BCUT2D eigenvalue weighted by Gasteiger charge is 2.23. The summed E-state index contributed by atoms with van der Waals surface area (Å²) in [6.45, 7) is 16.2. The first kappa shape index (κ1) is 20.2. The van der Waals surface area contributed by atoms with Crippen LogP contribution in [0, 0.1) is 17.8 Å². The number of rotatable bonds is 9. The van der Waals surface area contributed by atoms with Gasteiger partial charge in [-0.3, -0.25) is 0 Å². The van der Waals surface area contributed by atoms with Crippen molar-refractivity contribution < 1.29 is 0 Å². The Kier molecular flexibility index (Phi) is 9.11. The maximum absolute atomic E-state index is 2.76. The summed E-state index contributed by atoms with van der Waals surface area (Å²) in [5.41, 5.74) is 0. The van der Waals surface area contributed by atoms with Crippen molar-refractivity contribution in [2.24, 2.45) is 17.8 Å². The van der Waals surface area contributed by atoms with Crippen LogP contribution >= 0.6 is 0 Å². The maximum atomic E-state index is 2.76. The van der Waals surface area contributed by atoms with Crippen LogP contribution in [0.4, 0.5) is 0 Å². The fourth-order valence-corrected chi connectivity index (χ4v) is 4.61. The normalized spacial score (nSPS) is 22.8. The second-order valence-electron chi connectivity index (χ2n) is 9.33. The van der Waals surface area contributed by atoms with Crippen LogP contribution in [0.2, 0.25) is 0 Å². The predicted octanol–water partition coefficient (Wildman–Crippen LogP) is 5.43. The lowest BCUT2D eigenvalue weighted by Crippen LogP contribution is -2.40. The quantitative estimate of drug-likeness (QED) is 0.518. The van der Waals surface area contributed by atoms with E-state index in [1.807, 2.05) is 0 Å². The lowest BCUT2D eigenvalue weighted by atomic mass is 9.89. The first-order valence-corrected chi connectivity index (χ1v) is 11.0. The van der Waals surface area contributed by atoms with E-state index in [1.165, 1.54) is 90.5 Å². The van der Waals surface area contributed by atoms with Crippen LogP contribution in [0.15, 0.2) is 0 Å². The molecule has 0 saturated carbocycles. The lowest BCUT2D eigenvalue weighted by molar-refractivity contribution is 0.125. The van der Waals surface area contributed by atoms with Gasteiger partial charge in [-0.25, -0.2) is 0 Å². The summed E-state index contributed by atoms with van der Waals surface area (Å²) in [6.07, 6.45) is 13.1. The van der Waals surface area contributed by atoms with Gasteiger partial charge in [0.05, 0.1) is 0 Å². The van der Waals surface area contributed by atoms with Gasteiger partial charge in [-0.1, -0.05) is 39.5 Å². The number of likely N-dealkylation sites (tertiary alicyclic amines) is 2. The second-order valence-corrected chi connectivity index (χ2v) is 9.33. The van der Waals surface area contributed by atoms with Crippen molar-refractivity contribution in [3.63, 3.8) is 0 Å². The van der Waals surface area contributed by atoms with Crippen LogP contribution in [-0.2, 0) is 0 Å². The van der Waals surface area contributed by atoms with Crippen LogP contribution in [0.25, 0.3) is 0 Å². The SMILES string of the molecule is CC(C)CCCCC1CCN(CCC2CCN(C(C)C)CC2)CC1. The predicted molar refractivity (Wildman–Crippen MR) is 107 cm³/mol. The third-order valence-corrected chi connectivity index (χ3v) is 6.58. The Labute approximate surface area is 152 Å². The Bertz CT molecular complexity index is 310. The van der Waals surface area contributed by atoms with Gasteiger partial charge in [0, 0.05) is 6.04 Å². The molecule has 2 aliphatic rings. The van der Waals surface area contributed by atoms with Crippen molar-refractivity contribution in [1.29, 1.82) is 0 Å². The fourth-order valence-electron chi connectivity index (χ4n) is 4.61. The van der Waals surface area contributed by atoms with Crippen molar-refractivity contribution >= 4 is 0 Å². The summed E-state index contributed by atoms with van der Waals surface area (Å²) in [6, 6.07) is 0.741. The minimum absolute atomic E-state index is 0.741. The molecule has 0 aromatic carbocycles. The number of piperidine rings is 2. The van der Waals surface area contributed by atoms with Crippen LogP contribution < -0.4 is 0 Å². The minimum atomic E-state index is 0.741. The first-order valence-electron chi connectivity index (χ1n) is 11.0. The summed E-state index contributed by atoms with van der Waals surface area (Å²) >= 11 is 0. The van der Waals surface area contributed by atoms with Gasteiger partial charge >= 0.3 is 0 Å². The zero-order valence-corrected chi connectivity index (χ0v) is 17.1. The molecule has 2 nitrogen and oxygen atoms in total. The van der Waals surface area contributed by atoms with Crippen molar-refractivity contribution in [2.45, 2.75) is 91.5 Å². The summed E-state index contributed by atoms with van der Waals surface area (Å²) in [5.74, 6) is 2.91. The lowest BCUT2D eigenvalue weighted by Gasteiger charge is -2.36. The zero-order valence-electron chi connectivity index (χ0n) is 17.1. The molecular weight excluding hydrogens is 292 g/mol. The van der Waals surface area contributed by atoms with E-state index in [1.54, 1.807) is 0 Å². The summed E-state index contributed by atoms with van der Waals surface area (Å²) in [4.78, 5) is 5.42. The van der Waals surface area contributed by atoms with Gasteiger partial charge in [-0.15, -0.1) is 0 Å². The molecule has 0 radical (unpaired) electrons. The molecule has 2 heteroatoms. The molecule has 0 atom stereocenters. The second kappa shape index (κ2) is 10.8. The molecule has 2 aliphatic heterocycles. The molecule has 0 aromatic heterocycles. The largest absolute Gasteiger partial charge is 0.303 e. The third-order valence-electron chi connectivity index (χ3n) is 6.58. The van der Waals surface area contributed by atoms with Gasteiger partial charge in [0.1, 0.15) is 0 Å². The molecule has 0 bridgehead atoms. The standard InChI is InChI=1S/C22H44N2/c1-19(2)7-5-6-8-21-9-14-23(15-10-21)16-11-22-12-17-24(18-13-22)20(3)4/h19-22H,5-18H2,1-4H3. The van der Waals surface area contributed by atoms with Crippen molar-refractivity contribution in [3.05, 3.63) is 0 Å². The zero-order chi connectivity index (χ0) is 17.4. The topological polar surface area (TPSA) is 6.48 Å². The van der Waals surface area contributed by atoms with E-state index < -0.39 is 0 Å². The molecule has 0 aromatic rings. The van der Waals surface area contributed by atoms with E-state index in [4.69, 9.17) is 0 Å². The van der Waals surface area contributed by atoms with E-state index in [0.717, 1.165) is 23.8 Å². The number of hydrogen-bond donors (Lipinski definition) is 0. The Morgan fingerprint density at radius 2 is 1.33 bits per heavy atom. The highest BCUT2D eigenvalue weighted by atomic mass is 15.2. The van der Waals surface area contributed by atoms with Crippen molar-refractivity contribution in [2.75, 3.05) is 32.7 Å². The van der Waals surface area contributed by atoms with Gasteiger partial charge in [0.2, 0.25) is 0 Å². The summed E-state index contributed by atoms with van der Waals surface area (Å²) < 4.78 is 0. The Morgan fingerprint density at radius 3 is 1.92 bits per heavy atom. The molecular formula is C22H44N2. The van der Waals surface area contributed by atoms with Gasteiger partial charge in [-0.2, -0.15) is 0 Å². The molecule has 2 fully saturated rings. The average molecular weight is 337 g/mol. The van der Waals surface area contributed by atoms with Gasteiger partial charge < -0.3 is 9.80 Å². The molecule has 0 N–H and O–H groups in total. The number of nitrogens with zero attached hydrogens (tertiary/aromatic N) is 2. The molecule has 0 aliphatic carbocycles. The van der Waals surface area contributed by atoms with E-state index in [0.29, 0.717) is 0 Å². The molecule has 142 valence electrons. The maximum Gasteiger partial charge on any atom is 0.00385 e. The van der Waals surface area contributed by atoms with Gasteiger partial charge in [-0.05, 0) is 96.4 Å². The Hall–Kier alpha value is -0.0800. The van der Waals surface area contributed by atoms with Crippen LogP contribution in [0.5, 0.6) is 0 Å². The van der Waals surface area contributed by atoms with Crippen molar-refractivity contribution in [3.8, 4) is 0 Å². The highest BCUT2D eigenvalue weighted by Crippen LogP contribution is 2.26. The Balaban J connectivity index is 1.51. The number of hydrogen-bond acceptors (Lipinski definition) is 2. The highest BCUT2D eigenvalue weighted by molar-refractivity contribution is 4.77. The van der Waals surface area contributed by atoms with Gasteiger partial charge in [0.25, 0.3) is 0 Å². The molecule has 2 heterocycles. The Morgan fingerprint density at radius 1 is 0.750 bits per heavy atom. The number of unbranched alkanes of at least 4 members (excludes halogenated alkanes) is 1. The third kappa shape index (κ3) is 7.44. The van der Waals surface area contributed by atoms with E-state index in [9.17, 15) is 0 Å². The first-order chi connectivity index (χ1) is 11.5. The van der Waals surface area contributed by atoms with Crippen LogP contribution in [0.1, 0.15) is 85.5 Å². The molecule has 2 saturated heterocycles. The fraction of sp³-hybridized carbons (Fsp3) is 1.00. The average Bonchev–Trinajstić information content (AvgIpc) is 2.58. The molecule has 0 spiro atoms. The van der Waals surface area contributed by atoms with E-state index in [2.05, 4.69) is 37.5 Å². The molecule has 0 amide bonds. The summed E-state index contributed by atoms with van der Waals surface area (Å²) in [5, 5.41) is 0. The van der Waals surface area contributed by atoms with Crippen LogP contribution in [0.3, 0.4) is 0 Å². The smallest absolute Gasteiger partial charge is 0.00385 e. The molecule has 0 unspecified atom stereocenters.